The van der Waals surface area contributed by atoms with Gasteiger partial charge in [-0.2, -0.15) is 0 Å². The van der Waals surface area contributed by atoms with Gasteiger partial charge in [-0.25, -0.2) is 4.79 Å². The van der Waals surface area contributed by atoms with Crippen LogP contribution in [-0.2, 0) is 15.3 Å². The van der Waals surface area contributed by atoms with E-state index in [2.05, 4.69) is 24.2 Å². The number of hydrogen-bond acceptors (Lipinski definition) is 6. The van der Waals surface area contributed by atoms with Crippen LogP contribution >= 0.6 is 23.5 Å². The van der Waals surface area contributed by atoms with Crippen LogP contribution in [0.3, 0.4) is 0 Å². The standard InChI is InChI=1S/C21H28N2O3S2/c1-14-6-5-9-18(15(14)2)23-19(24)12-26-20(25)17-8-4-3-7-16(17)13-28-21-22-10-11-27-21/h3-4,7-8,14-15,18H,5-6,9-13H2,1-2H3,(H,23,24)/t14-,15-,18-/m1/s1. The van der Waals surface area contributed by atoms with Crippen molar-refractivity contribution in [3.05, 3.63) is 35.4 Å². The zero-order chi connectivity index (χ0) is 19.9. The number of amides is 1. The number of carbonyl (C=O) groups excluding carboxylic acids is 2. The average Bonchev–Trinajstić information content (AvgIpc) is 3.22. The predicted molar refractivity (Wildman–Crippen MR) is 117 cm³/mol. The lowest BCUT2D eigenvalue weighted by atomic mass is 9.78. The molecule has 3 rings (SSSR count). The van der Waals surface area contributed by atoms with Crippen molar-refractivity contribution in [2.45, 2.75) is 44.9 Å². The topological polar surface area (TPSA) is 67.8 Å². The first-order valence-electron chi connectivity index (χ1n) is 9.89. The highest BCUT2D eigenvalue weighted by molar-refractivity contribution is 8.38. The predicted octanol–water partition coefficient (Wildman–Crippen LogP) is 4.12. The highest BCUT2D eigenvalue weighted by Gasteiger charge is 2.28. The summed E-state index contributed by atoms with van der Waals surface area (Å²) in [5.74, 6) is 2.08. The van der Waals surface area contributed by atoms with Gasteiger partial charge in [-0.05, 0) is 29.9 Å². The molecular weight excluding hydrogens is 392 g/mol. The maximum absolute atomic E-state index is 12.5. The van der Waals surface area contributed by atoms with E-state index in [0.29, 0.717) is 23.2 Å². The van der Waals surface area contributed by atoms with Crippen molar-refractivity contribution in [3.8, 4) is 0 Å². The minimum atomic E-state index is -0.447. The van der Waals surface area contributed by atoms with Gasteiger partial charge >= 0.3 is 5.97 Å². The molecule has 1 aliphatic heterocycles. The molecule has 28 heavy (non-hydrogen) atoms. The minimum Gasteiger partial charge on any atom is -0.452 e. The smallest absolute Gasteiger partial charge is 0.338 e. The molecule has 2 aliphatic rings. The molecule has 1 heterocycles. The first kappa shape index (κ1) is 21.2. The molecule has 1 aromatic rings. The van der Waals surface area contributed by atoms with E-state index in [1.54, 1.807) is 29.6 Å². The lowest BCUT2D eigenvalue weighted by Crippen LogP contribution is -2.45. The summed E-state index contributed by atoms with van der Waals surface area (Å²) in [6, 6.07) is 7.58. The molecule has 0 unspecified atom stereocenters. The molecule has 0 radical (unpaired) electrons. The third-order valence-corrected chi connectivity index (χ3v) is 7.83. The largest absolute Gasteiger partial charge is 0.452 e. The number of nitrogens with zero attached hydrogens (tertiary/aromatic N) is 1. The molecule has 7 heteroatoms. The molecule has 0 bridgehead atoms. The van der Waals surface area contributed by atoms with Crippen LogP contribution in [0.5, 0.6) is 0 Å². The normalized spacial score (nSPS) is 24.5. The molecule has 0 saturated heterocycles. The van der Waals surface area contributed by atoms with Crippen LogP contribution < -0.4 is 5.32 Å². The summed E-state index contributed by atoms with van der Waals surface area (Å²) in [5.41, 5.74) is 1.42. The first-order valence-corrected chi connectivity index (χ1v) is 11.9. The molecular formula is C21H28N2O3S2. The van der Waals surface area contributed by atoms with Crippen LogP contribution in [0.15, 0.2) is 29.3 Å². The number of esters is 1. The SMILES string of the molecule is C[C@@H]1[C@H](C)CCC[C@H]1NC(=O)COC(=O)c1ccccc1CSC1=NCCS1. The van der Waals surface area contributed by atoms with Gasteiger partial charge in [0.25, 0.3) is 5.91 Å². The summed E-state index contributed by atoms with van der Waals surface area (Å²) in [6.07, 6.45) is 3.33. The average molecular weight is 421 g/mol. The Kier molecular flexibility index (Phi) is 7.85. The summed E-state index contributed by atoms with van der Waals surface area (Å²) in [5, 5.41) is 3.04. The minimum absolute atomic E-state index is 0.170. The van der Waals surface area contributed by atoms with Gasteiger partial charge in [0, 0.05) is 17.5 Å². The van der Waals surface area contributed by atoms with Gasteiger partial charge in [-0.15, -0.1) is 0 Å². The monoisotopic (exact) mass is 420 g/mol. The van der Waals surface area contributed by atoms with E-state index in [-0.39, 0.29) is 18.6 Å². The second kappa shape index (κ2) is 10.3. The van der Waals surface area contributed by atoms with E-state index in [0.717, 1.165) is 35.1 Å². The van der Waals surface area contributed by atoms with Crippen LogP contribution in [0.2, 0.25) is 0 Å². The Hall–Kier alpha value is -1.47. The first-order chi connectivity index (χ1) is 13.5. The van der Waals surface area contributed by atoms with Gasteiger partial charge in [-0.1, -0.05) is 68.4 Å². The molecule has 0 spiro atoms. The van der Waals surface area contributed by atoms with Crippen LogP contribution in [0.25, 0.3) is 0 Å². The highest BCUT2D eigenvalue weighted by atomic mass is 32.2. The number of benzene rings is 1. The molecule has 152 valence electrons. The van der Waals surface area contributed by atoms with Gasteiger partial charge in [0.05, 0.1) is 12.1 Å². The number of hydrogen-bond donors (Lipinski definition) is 1. The van der Waals surface area contributed by atoms with Gasteiger partial charge in [-0.3, -0.25) is 9.79 Å². The number of thioether (sulfide) groups is 2. The Balaban J connectivity index is 1.51. The molecule has 1 fully saturated rings. The molecule has 1 aromatic carbocycles. The van der Waals surface area contributed by atoms with Crippen molar-refractivity contribution < 1.29 is 14.3 Å². The van der Waals surface area contributed by atoms with E-state index < -0.39 is 5.97 Å². The molecule has 1 aliphatic carbocycles. The lowest BCUT2D eigenvalue weighted by molar-refractivity contribution is -0.125. The number of nitrogens with one attached hydrogen (secondary N) is 1. The second-order valence-electron chi connectivity index (χ2n) is 7.46. The Morgan fingerprint density at radius 3 is 2.89 bits per heavy atom. The Bertz CT molecular complexity index is 738. The van der Waals surface area contributed by atoms with Crippen molar-refractivity contribution >= 4 is 39.8 Å². The molecule has 5 nitrogen and oxygen atoms in total. The molecule has 1 N–H and O–H groups in total. The van der Waals surface area contributed by atoms with Crippen LogP contribution in [0.4, 0.5) is 0 Å². The van der Waals surface area contributed by atoms with Crippen molar-refractivity contribution in [1.82, 2.24) is 5.32 Å². The van der Waals surface area contributed by atoms with E-state index in [9.17, 15) is 9.59 Å². The fraction of sp³-hybridized carbons (Fsp3) is 0.571. The lowest BCUT2D eigenvalue weighted by Gasteiger charge is -2.34. The second-order valence-corrected chi connectivity index (χ2v) is 9.77. The fourth-order valence-electron chi connectivity index (χ4n) is 3.63. The van der Waals surface area contributed by atoms with Crippen molar-refractivity contribution in [1.29, 1.82) is 0 Å². The van der Waals surface area contributed by atoms with E-state index in [4.69, 9.17) is 4.74 Å². The summed E-state index contributed by atoms with van der Waals surface area (Å²) in [7, 11) is 0. The molecule has 3 atom stereocenters. The summed E-state index contributed by atoms with van der Waals surface area (Å²) < 4.78 is 6.38. The number of rotatable bonds is 6. The maximum Gasteiger partial charge on any atom is 0.338 e. The molecule has 1 amide bonds. The summed E-state index contributed by atoms with van der Waals surface area (Å²) >= 11 is 3.39. The molecule has 0 aromatic heterocycles. The highest BCUT2D eigenvalue weighted by Crippen LogP contribution is 2.29. The Morgan fingerprint density at radius 1 is 1.29 bits per heavy atom. The van der Waals surface area contributed by atoms with E-state index in [1.165, 1.54) is 6.42 Å². The number of carbonyl (C=O) groups is 2. The Labute approximate surface area is 175 Å². The third-order valence-electron chi connectivity index (χ3n) is 5.53. The van der Waals surface area contributed by atoms with E-state index in [1.807, 2.05) is 18.2 Å². The zero-order valence-corrected chi connectivity index (χ0v) is 18.1. The van der Waals surface area contributed by atoms with Crippen LogP contribution in [-0.4, -0.2) is 41.2 Å². The quantitative estimate of drug-likeness (QED) is 0.701. The van der Waals surface area contributed by atoms with Crippen LogP contribution in [0.1, 0.15) is 49.0 Å². The number of aliphatic imine (C=N–C) groups is 1. The van der Waals surface area contributed by atoms with Crippen molar-refractivity contribution in [2.24, 2.45) is 16.8 Å². The van der Waals surface area contributed by atoms with E-state index >= 15 is 0 Å². The summed E-state index contributed by atoms with van der Waals surface area (Å²) in [6.45, 7) is 5.04. The van der Waals surface area contributed by atoms with Gasteiger partial charge in [0.15, 0.2) is 6.61 Å². The fourth-order valence-corrected chi connectivity index (χ4v) is 5.64. The molecule has 1 saturated carbocycles. The zero-order valence-electron chi connectivity index (χ0n) is 16.5. The Morgan fingerprint density at radius 2 is 2.11 bits per heavy atom. The summed E-state index contributed by atoms with van der Waals surface area (Å²) in [4.78, 5) is 29.2. The maximum atomic E-state index is 12.5. The van der Waals surface area contributed by atoms with Crippen molar-refractivity contribution in [2.75, 3.05) is 18.9 Å². The van der Waals surface area contributed by atoms with Gasteiger partial charge < -0.3 is 10.1 Å². The third kappa shape index (κ3) is 5.77. The van der Waals surface area contributed by atoms with Gasteiger partial charge in [0.2, 0.25) is 0 Å². The number of ether oxygens (including phenoxy) is 1. The van der Waals surface area contributed by atoms with Crippen molar-refractivity contribution in [3.63, 3.8) is 0 Å². The van der Waals surface area contributed by atoms with Gasteiger partial charge in [0.1, 0.15) is 4.38 Å². The van der Waals surface area contributed by atoms with Crippen LogP contribution in [0, 0.1) is 11.8 Å².